The molecule has 26 heavy (non-hydrogen) atoms. The van der Waals surface area contributed by atoms with Gasteiger partial charge in [-0.25, -0.2) is 4.79 Å². The molecule has 0 bridgehead atoms. The zero-order chi connectivity index (χ0) is 17.7. The molecule has 0 aliphatic carbocycles. The van der Waals surface area contributed by atoms with E-state index < -0.39 is 6.16 Å². The molecule has 0 fully saturated rings. The highest BCUT2D eigenvalue weighted by Crippen LogP contribution is 2.38. The number of ether oxygens (including phenoxy) is 1. The van der Waals surface area contributed by atoms with E-state index in [0.29, 0.717) is 5.75 Å². The van der Waals surface area contributed by atoms with Gasteiger partial charge < -0.3 is 9.84 Å². The quantitative estimate of drug-likeness (QED) is 0.220. The summed E-state index contributed by atoms with van der Waals surface area (Å²) in [6.07, 6.45) is -1.30. The van der Waals surface area contributed by atoms with Crippen LogP contribution in [0.1, 0.15) is 0 Å². The van der Waals surface area contributed by atoms with Crippen LogP contribution in [0.4, 0.5) is 4.79 Å². The number of carbonyl (C=O) groups is 1. The van der Waals surface area contributed by atoms with Crippen molar-refractivity contribution in [1.82, 2.24) is 0 Å². The van der Waals surface area contributed by atoms with Gasteiger partial charge in [0, 0.05) is 5.39 Å². The molecule has 0 spiro atoms. The third kappa shape index (κ3) is 2.11. The maximum atomic E-state index is 11.1. The second-order valence-corrected chi connectivity index (χ2v) is 6.33. The third-order valence-electron chi connectivity index (χ3n) is 4.92. The summed E-state index contributed by atoms with van der Waals surface area (Å²) in [4.78, 5) is 11.1. The summed E-state index contributed by atoms with van der Waals surface area (Å²) in [6.45, 7) is 0. The lowest BCUT2D eigenvalue weighted by Gasteiger charge is -2.12. The van der Waals surface area contributed by atoms with Crippen LogP contribution < -0.4 is 4.74 Å². The highest BCUT2D eigenvalue weighted by Gasteiger charge is 2.12. The number of carboxylic acid groups (broad SMARTS) is 1. The molecule has 0 aromatic heterocycles. The van der Waals surface area contributed by atoms with Crippen LogP contribution in [0, 0.1) is 0 Å². The van der Waals surface area contributed by atoms with E-state index in [-0.39, 0.29) is 0 Å². The van der Waals surface area contributed by atoms with Crippen molar-refractivity contribution in [3.05, 3.63) is 78.9 Å². The summed E-state index contributed by atoms with van der Waals surface area (Å²) < 4.78 is 5.03. The minimum Gasteiger partial charge on any atom is -0.449 e. The Kier molecular flexibility index (Phi) is 3.09. The van der Waals surface area contributed by atoms with Gasteiger partial charge in [-0.05, 0) is 43.8 Å². The molecule has 0 amide bonds. The molecule has 5 rings (SSSR count). The fraction of sp³-hybridized carbons (Fsp3) is 0. The van der Waals surface area contributed by atoms with Crippen LogP contribution in [0.15, 0.2) is 78.9 Å². The Hall–Kier alpha value is -3.59. The molecule has 5 aromatic rings. The van der Waals surface area contributed by atoms with E-state index in [2.05, 4.69) is 42.5 Å². The number of hydrogen-bond donors (Lipinski definition) is 1. The highest BCUT2D eigenvalue weighted by atomic mass is 16.7. The molecule has 0 aliphatic heterocycles. The molecule has 3 heteroatoms. The van der Waals surface area contributed by atoms with Crippen molar-refractivity contribution in [1.29, 1.82) is 0 Å². The molecule has 0 aliphatic rings. The molecule has 0 saturated heterocycles. The maximum absolute atomic E-state index is 11.1. The van der Waals surface area contributed by atoms with Crippen LogP contribution in [0.25, 0.3) is 43.1 Å². The second kappa shape index (κ2) is 5.46. The molecular formula is C23H14O3. The van der Waals surface area contributed by atoms with E-state index in [1.54, 1.807) is 12.1 Å². The van der Waals surface area contributed by atoms with E-state index in [0.717, 1.165) is 26.9 Å². The summed E-state index contributed by atoms with van der Waals surface area (Å²) >= 11 is 0. The van der Waals surface area contributed by atoms with Crippen LogP contribution in [-0.2, 0) is 0 Å². The van der Waals surface area contributed by atoms with Gasteiger partial charge in [-0.2, -0.15) is 0 Å². The summed E-state index contributed by atoms with van der Waals surface area (Å²) in [5.74, 6) is 0.362. The summed E-state index contributed by atoms with van der Waals surface area (Å²) in [7, 11) is 0. The molecule has 0 radical (unpaired) electrons. The van der Waals surface area contributed by atoms with Gasteiger partial charge in [0.25, 0.3) is 0 Å². The average Bonchev–Trinajstić information content (AvgIpc) is 2.66. The predicted octanol–water partition coefficient (Wildman–Crippen LogP) is 6.36. The predicted molar refractivity (Wildman–Crippen MR) is 105 cm³/mol. The van der Waals surface area contributed by atoms with Gasteiger partial charge in [0.2, 0.25) is 0 Å². The molecule has 0 saturated carbocycles. The molecular weight excluding hydrogens is 324 g/mol. The Morgan fingerprint density at radius 3 is 2.08 bits per heavy atom. The first-order chi connectivity index (χ1) is 12.7. The highest BCUT2D eigenvalue weighted by molar-refractivity contribution is 6.23. The standard InChI is InChI=1S/C23H14O3/c24-23(25)26-21-7-3-5-15-9-11-19-18-10-8-14-4-1-2-6-16(14)17(18)12-13-20(19)22(15)21/h1-13H,(H,24,25). The van der Waals surface area contributed by atoms with E-state index in [1.165, 1.54) is 16.2 Å². The zero-order valence-electron chi connectivity index (χ0n) is 13.8. The molecule has 0 unspecified atom stereocenters. The molecule has 0 heterocycles. The Balaban J connectivity index is 1.95. The number of fused-ring (bicyclic) bond motifs is 7. The van der Waals surface area contributed by atoms with Gasteiger partial charge in [0.1, 0.15) is 5.75 Å². The largest absolute Gasteiger partial charge is 0.511 e. The first-order valence-corrected chi connectivity index (χ1v) is 8.39. The van der Waals surface area contributed by atoms with Gasteiger partial charge in [-0.3, -0.25) is 0 Å². The number of rotatable bonds is 1. The average molecular weight is 338 g/mol. The van der Waals surface area contributed by atoms with Crippen molar-refractivity contribution in [2.75, 3.05) is 0 Å². The summed E-state index contributed by atoms with van der Waals surface area (Å²) in [6, 6.07) is 26.3. The Morgan fingerprint density at radius 2 is 1.23 bits per heavy atom. The van der Waals surface area contributed by atoms with Crippen molar-refractivity contribution < 1.29 is 14.6 Å². The lowest BCUT2D eigenvalue weighted by atomic mass is 9.94. The Labute approximate surface area is 149 Å². The van der Waals surface area contributed by atoms with E-state index in [1.807, 2.05) is 24.3 Å². The SMILES string of the molecule is O=C(O)Oc1cccc2ccc3c4ccc5ccccc5c4ccc3c12. The van der Waals surface area contributed by atoms with Gasteiger partial charge >= 0.3 is 6.16 Å². The molecule has 5 aromatic carbocycles. The van der Waals surface area contributed by atoms with Crippen molar-refractivity contribution in [3.63, 3.8) is 0 Å². The van der Waals surface area contributed by atoms with Crippen LogP contribution in [0.2, 0.25) is 0 Å². The normalized spacial score (nSPS) is 11.4. The summed E-state index contributed by atoms with van der Waals surface area (Å²) in [5, 5.41) is 17.7. The molecule has 3 nitrogen and oxygen atoms in total. The molecule has 124 valence electrons. The fourth-order valence-electron chi connectivity index (χ4n) is 3.84. The lowest BCUT2D eigenvalue weighted by Crippen LogP contribution is -2.03. The Morgan fingerprint density at radius 1 is 0.615 bits per heavy atom. The van der Waals surface area contributed by atoms with Crippen LogP contribution >= 0.6 is 0 Å². The zero-order valence-corrected chi connectivity index (χ0v) is 13.8. The fourth-order valence-corrected chi connectivity index (χ4v) is 3.84. The first-order valence-electron chi connectivity index (χ1n) is 8.39. The minimum atomic E-state index is -1.30. The van der Waals surface area contributed by atoms with Crippen LogP contribution in [0.3, 0.4) is 0 Å². The third-order valence-corrected chi connectivity index (χ3v) is 4.92. The van der Waals surface area contributed by atoms with Gasteiger partial charge in [0.15, 0.2) is 0 Å². The van der Waals surface area contributed by atoms with Crippen molar-refractivity contribution in [2.45, 2.75) is 0 Å². The molecule has 1 N–H and O–H groups in total. The van der Waals surface area contributed by atoms with E-state index >= 15 is 0 Å². The maximum Gasteiger partial charge on any atom is 0.511 e. The van der Waals surface area contributed by atoms with Crippen molar-refractivity contribution in [2.24, 2.45) is 0 Å². The first kappa shape index (κ1) is 14.7. The van der Waals surface area contributed by atoms with E-state index in [4.69, 9.17) is 9.84 Å². The van der Waals surface area contributed by atoms with Gasteiger partial charge in [-0.15, -0.1) is 0 Å². The second-order valence-electron chi connectivity index (χ2n) is 6.33. The van der Waals surface area contributed by atoms with Crippen molar-refractivity contribution in [3.8, 4) is 5.75 Å². The Bertz CT molecular complexity index is 1340. The van der Waals surface area contributed by atoms with Crippen LogP contribution in [0.5, 0.6) is 5.75 Å². The monoisotopic (exact) mass is 338 g/mol. The van der Waals surface area contributed by atoms with Crippen LogP contribution in [-0.4, -0.2) is 11.3 Å². The summed E-state index contributed by atoms with van der Waals surface area (Å²) in [5.41, 5.74) is 0. The number of benzene rings is 5. The smallest absolute Gasteiger partial charge is 0.449 e. The van der Waals surface area contributed by atoms with E-state index in [9.17, 15) is 4.79 Å². The topological polar surface area (TPSA) is 46.5 Å². The van der Waals surface area contributed by atoms with Gasteiger partial charge in [-0.1, -0.05) is 72.8 Å². The number of hydrogen-bond acceptors (Lipinski definition) is 2. The lowest BCUT2D eigenvalue weighted by molar-refractivity contribution is 0.145. The minimum absolute atomic E-state index is 0.362. The van der Waals surface area contributed by atoms with Crippen molar-refractivity contribution >= 4 is 49.2 Å². The molecule has 0 atom stereocenters. The van der Waals surface area contributed by atoms with Gasteiger partial charge in [0.05, 0.1) is 0 Å².